The van der Waals surface area contributed by atoms with E-state index < -0.39 is 41.4 Å². The number of nitrogens with one attached hydrogen (secondary N) is 1. The zero-order valence-corrected chi connectivity index (χ0v) is 24.3. The molecule has 5 aromatic rings. The van der Waals surface area contributed by atoms with Crippen molar-refractivity contribution in [3.63, 3.8) is 0 Å². The van der Waals surface area contributed by atoms with Crippen LogP contribution in [0.4, 0.5) is 26.3 Å². The summed E-state index contributed by atoms with van der Waals surface area (Å²) in [6.07, 6.45) is -7.39. The molecule has 4 aromatic carbocycles. The van der Waals surface area contributed by atoms with Crippen molar-refractivity contribution < 1.29 is 40.7 Å². The number of carbonyl (C=O) groups is 2. The highest BCUT2D eigenvalue weighted by atomic mass is 19.4. The smallest absolute Gasteiger partial charge is 0.416 e. The molecular formula is C34H27F6N3O3. The Labute approximate surface area is 259 Å². The maximum Gasteiger partial charge on any atom is 0.416 e. The monoisotopic (exact) mass is 639 g/mol. The molecule has 12 heteroatoms. The number of nitrogens with zero attached hydrogens (tertiary/aromatic N) is 2. The molecule has 1 amide bonds. The van der Waals surface area contributed by atoms with Crippen LogP contribution in [-0.2, 0) is 21.9 Å². The van der Waals surface area contributed by atoms with Crippen LogP contribution < -0.4 is 5.32 Å². The fraction of sp³-hybridized carbons (Fsp3) is 0.206. The number of ether oxygens (including phenoxy) is 1. The summed E-state index contributed by atoms with van der Waals surface area (Å²) < 4.78 is 85.6. The minimum absolute atomic E-state index is 0.0145. The van der Waals surface area contributed by atoms with Gasteiger partial charge in [0.05, 0.1) is 35.9 Å². The Bertz CT molecular complexity index is 1830. The van der Waals surface area contributed by atoms with Crippen molar-refractivity contribution in [2.24, 2.45) is 0 Å². The number of halogens is 6. The van der Waals surface area contributed by atoms with Crippen LogP contribution >= 0.6 is 0 Å². The van der Waals surface area contributed by atoms with E-state index in [0.29, 0.717) is 38.7 Å². The van der Waals surface area contributed by atoms with E-state index in [4.69, 9.17) is 4.74 Å². The Morgan fingerprint density at radius 3 is 1.89 bits per heavy atom. The Hall–Kier alpha value is -5.13. The molecule has 5 rings (SSSR count). The number of hydrogen-bond donors (Lipinski definition) is 1. The van der Waals surface area contributed by atoms with Crippen molar-refractivity contribution in [1.82, 2.24) is 15.1 Å². The Kier molecular flexibility index (Phi) is 9.17. The number of alkyl halides is 6. The van der Waals surface area contributed by atoms with Crippen molar-refractivity contribution in [3.05, 3.63) is 125 Å². The second-order valence-corrected chi connectivity index (χ2v) is 10.4. The molecular weight excluding hydrogens is 612 g/mol. The van der Waals surface area contributed by atoms with Crippen molar-refractivity contribution >= 4 is 22.8 Å². The molecule has 1 heterocycles. The van der Waals surface area contributed by atoms with Crippen LogP contribution in [0.5, 0.6) is 0 Å². The van der Waals surface area contributed by atoms with Crippen LogP contribution in [0.1, 0.15) is 52.0 Å². The van der Waals surface area contributed by atoms with E-state index in [-0.39, 0.29) is 19.6 Å². The molecule has 0 radical (unpaired) electrons. The zero-order valence-electron chi connectivity index (χ0n) is 24.3. The normalized spacial score (nSPS) is 12.6. The van der Waals surface area contributed by atoms with Gasteiger partial charge < -0.3 is 10.1 Å². The second kappa shape index (κ2) is 13.1. The summed E-state index contributed by atoms with van der Waals surface area (Å²) in [6, 6.07) is 20.5. The number of carbonyl (C=O) groups excluding carboxylic acids is 2. The third-order valence-electron chi connectivity index (χ3n) is 7.35. The first-order valence-corrected chi connectivity index (χ1v) is 14.2. The van der Waals surface area contributed by atoms with Gasteiger partial charge in [0, 0.05) is 17.5 Å². The number of aromatic nitrogens is 2. The highest BCUT2D eigenvalue weighted by molar-refractivity contribution is 5.94. The molecule has 1 aromatic heterocycles. The van der Waals surface area contributed by atoms with Crippen molar-refractivity contribution in [2.75, 3.05) is 13.2 Å². The van der Waals surface area contributed by atoms with E-state index in [0.717, 1.165) is 24.3 Å². The summed E-state index contributed by atoms with van der Waals surface area (Å²) in [5, 5.41) is 7.86. The van der Waals surface area contributed by atoms with Crippen LogP contribution in [0, 0.1) is 0 Å². The van der Waals surface area contributed by atoms with E-state index in [2.05, 4.69) is 10.4 Å². The van der Waals surface area contributed by atoms with E-state index >= 15 is 0 Å². The van der Waals surface area contributed by atoms with Gasteiger partial charge >= 0.3 is 18.3 Å². The molecule has 6 nitrogen and oxygen atoms in total. The molecule has 0 bridgehead atoms. The van der Waals surface area contributed by atoms with E-state index in [1.165, 1.54) is 24.3 Å². The largest absolute Gasteiger partial charge is 0.466 e. The second-order valence-electron chi connectivity index (χ2n) is 10.4. The summed E-state index contributed by atoms with van der Waals surface area (Å²) in [6.45, 7) is 2.00. The van der Waals surface area contributed by atoms with Crippen LogP contribution in [-0.4, -0.2) is 34.8 Å². The van der Waals surface area contributed by atoms with Gasteiger partial charge in [0.1, 0.15) is 6.04 Å². The van der Waals surface area contributed by atoms with Crippen LogP contribution in [0.2, 0.25) is 0 Å². The number of hydrogen-bond acceptors (Lipinski definition) is 4. The fourth-order valence-electron chi connectivity index (χ4n) is 5.05. The quantitative estimate of drug-likeness (QED) is 0.131. The Morgan fingerprint density at radius 1 is 0.783 bits per heavy atom. The van der Waals surface area contributed by atoms with Gasteiger partial charge in [-0.3, -0.25) is 14.3 Å². The lowest BCUT2D eigenvalue weighted by Crippen LogP contribution is -2.26. The lowest BCUT2D eigenvalue weighted by molar-refractivity contribution is -0.143. The third-order valence-corrected chi connectivity index (χ3v) is 7.35. The van der Waals surface area contributed by atoms with Gasteiger partial charge in [-0.25, -0.2) is 0 Å². The van der Waals surface area contributed by atoms with Crippen molar-refractivity contribution in [3.8, 4) is 11.1 Å². The molecule has 1 unspecified atom stereocenters. The molecule has 0 saturated heterocycles. The molecule has 1 N–H and O–H groups in total. The van der Waals surface area contributed by atoms with Gasteiger partial charge in [-0.05, 0) is 77.7 Å². The lowest BCUT2D eigenvalue weighted by Gasteiger charge is -2.21. The molecule has 0 spiro atoms. The predicted octanol–water partition coefficient (Wildman–Crippen LogP) is 8.06. The summed E-state index contributed by atoms with van der Waals surface area (Å²) in [5.74, 6) is -0.849. The maximum atomic E-state index is 13.3. The SMILES string of the molecule is CCOC(=O)CCNC(=O)c1ccc(C(c2ccc(C(F)(F)F)cc2)n2ncc3cc(-c4ccc(C(F)(F)F)cc4)ccc32)cc1. The van der Waals surface area contributed by atoms with Gasteiger partial charge in [0.25, 0.3) is 5.91 Å². The molecule has 46 heavy (non-hydrogen) atoms. The zero-order chi connectivity index (χ0) is 33.1. The number of amides is 1. The summed E-state index contributed by atoms with van der Waals surface area (Å²) >= 11 is 0. The maximum absolute atomic E-state index is 13.3. The number of fused-ring (bicyclic) bond motifs is 1. The van der Waals surface area contributed by atoms with Gasteiger partial charge in [-0.1, -0.05) is 42.5 Å². The molecule has 0 saturated carbocycles. The van der Waals surface area contributed by atoms with Gasteiger partial charge in [-0.2, -0.15) is 31.4 Å². The number of rotatable bonds is 9. The number of benzene rings is 4. The summed E-state index contributed by atoms with van der Waals surface area (Å²) in [7, 11) is 0. The topological polar surface area (TPSA) is 73.2 Å². The third kappa shape index (κ3) is 7.22. The van der Waals surface area contributed by atoms with Crippen molar-refractivity contribution in [2.45, 2.75) is 31.7 Å². The summed E-state index contributed by atoms with van der Waals surface area (Å²) in [5.41, 5.74) is 1.71. The standard InChI is InChI=1S/C34H27F6N3O3/c1-2-46-30(44)17-18-41-32(45)24-5-3-22(4-6-24)31(23-9-14-28(15-10-23)34(38,39)40)43-29-16-11-25(19-26(29)20-42-43)21-7-12-27(13-8-21)33(35,36)37/h3-16,19-20,31H,2,17-18H2,1H3,(H,41,45). The molecule has 0 aliphatic heterocycles. The minimum Gasteiger partial charge on any atom is -0.466 e. The van der Waals surface area contributed by atoms with Crippen LogP contribution in [0.25, 0.3) is 22.0 Å². The van der Waals surface area contributed by atoms with Crippen LogP contribution in [0.3, 0.4) is 0 Å². The van der Waals surface area contributed by atoms with Gasteiger partial charge in [0.15, 0.2) is 0 Å². The van der Waals surface area contributed by atoms with E-state index in [1.54, 1.807) is 60.3 Å². The van der Waals surface area contributed by atoms with E-state index in [1.807, 2.05) is 0 Å². The molecule has 1 atom stereocenters. The molecule has 0 fully saturated rings. The first-order chi connectivity index (χ1) is 21.8. The predicted molar refractivity (Wildman–Crippen MR) is 159 cm³/mol. The van der Waals surface area contributed by atoms with E-state index in [9.17, 15) is 35.9 Å². The van der Waals surface area contributed by atoms with Crippen LogP contribution in [0.15, 0.2) is 97.2 Å². The van der Waals surface area contributed by atoms with Gasteiger partial charge in [0.2, 0.25) is 0 Å². The molecule has 238 valence electrons. The first-order valence-electron chi connectivity index (χ1n) is 14.2. The average Bonchev–Trinajstić information content (AvgIpc) is 3.44. The number of esters is 1. The fourth-order valence-corrected chi connectivity index (χ4v) is 5.05. The molecule has 0 aliphatic rings. The van der Waals surface area contributed by atoms with Crippen molar-refractivity contribution in [1.29, 1.82) is 0 Å². The Morgan fingerprint density at radius 2 is 1.33 bits per heavy atom. The Balaban J connectivity index is 1.47. The molecule has 0 aliphatic carbocycles. The van der Waals surface area contributed by atoms with Gasteiger partial charge in [-0.15, -0.1) is 0 Å². The first kappa shape index (κ1) is 32.3. The lowest BCUT2D eigenvalue weighted by atomic mass is 9.96. The highest BCUT2D eigenvalue weighted by Gasteiger charge is 2.31. The minimum atomic E-state index is -4.52. The average molecular weight is 640 g/mol. The highest BCUT2D eigenvalue weighted by Crippen LogP contribution is 2.35. The summed E-state index contributed by atoms with van der Waals surface area (Å²) in [4.78, 5) is 24.2.